The molecular weight excluding hydrogens is 407 g/mol. The fourth-order valence-corrected chi connectivity index (χ4v) is 3.70. The zero-order valence-electron chi connectivity index (χ0n) is 16.4. The molecule has 1 aliphatic rings. The molecule has 2 N–H and O–H groups in total. The molecule has 1 aliphatic carbocycles. The second-order valence-electron chi connectivity index (χ2n) is 7.31. The van der Waals surface area contributed by atoms with Gasteiger partial charge in [-0.15, -0.1) is 0 Å². The third kappa shape index (κ3) is 4.82. The number of nitrogens with one attached hydrogen (secondary N) is 2. The maximum absolute atomic E-state index is 13.0. The Morgan fingerprint density at radius 1 is 0.935 bits per heavy atom. The molecule has 1 aromatic carbocycles. The number of rotatable bonds is 5. The summed E-state index contributed by atoms with van der Waals surface area (Å²) in [6.45, 7) is 0. The summed E-state index contributed by atoms with van der Waals surface area (Å²) in [6, 6.07) is 10.8. The summed E-state index contributed by atoms with van der Waals surface area (Å²) < 4.78 is 38.2. The first-order chi connectivity index (χ1) is 14.9. The fourth-order valence-electron chi connectivity index (χ4n) is 3.70. The van der Waals surface area contributed by atoms with Gasteiger partial charge >= 0.3 is 6.18 Å². The Kier molecular flexibility index (Phi) is 5.83. The Labute approximate surface area is 177 Å². The number of hydrogen-bond donors (Lipinski definition) is 2. The predicted molar refractivity (Wildman–Crippen MR) is 109 cm³/mol. The highest BCUT2D eigenvalue weighted by molar-refractivity contribution is 6.00. The summed E-state index contributed by atoms with van der Waals surface area (Å²) in [7, 11) is 0. The van der Waals surface area contributed by atoms with E-state index in [2.05, 4.69) is 25.6 Å². The molecule has 2 atom stereocenters. The van der Waals surface area contributed by atoms with Crippen LogP contribution in [0.15, 0.2) is 61.1 Å². The highest BCUT2D eigenvalue weighted by Gasteiger charge is 2.32. The standard InChI is InChI=1S/C22H20F3N5O/c23-22(24,25)14-9-10-19(28-13-14)29-17-7-3-8-18(17)30-21(31)16-6-2-1-5-15(16)20-26-11-4-12-27-20/h1-2,4-6,9-13,17-18H,3,7-8H2,(H,28,29)(H,30,31)/t17-,18+/m0/s1. The fraction of sp³-hybridized carbons (Fsp3) is 0.273. The molecule has 2 aromatic heterocycles. The van der Waals surface area contributed by atoms with Crippen LogP contribution in [0.3, 0.4) is 0 Å². The van der Waals surface area contributed by atoms with Gasteiger partial charge in [-0.25, -0.2) is 15.0 Å². The number of anilines is 1. The van der Waals surface area contributed by atoms with E-state index < -0.39 is 11.7 Å². The Morgan fingerprint density at radius 2 is 1.68 bits per heavy atom. The molecule has 0 saturated heterocycles. The van der Waals surface area contributed by atoms with Crippen molar-refractivity contribution in [1.82, 2.24) is 20.3 Å². The second kappa shape index (κ2) is 8.71. The summed E-state index contributed by atoms with van der Waals surface area (Å²) >= 11 is 0. The van der Waals surface area contributed by atoms with Gasteiger partial charge in [0.15, 0.2) is 5.82 Å². The molecule has 9 heteroatoms. The minimum absolute atomic E-state index is 0.131. The van der Waals surface area contributed by atoms with E-state index >= 15 is 0 Å². The lowest BCUT2D eigenvalue weighted by atomic mass is 10.0. The SMILES string of the molecule is O=C(N[C@@H]1CCC[C@@H]1Nc1ccc(C(F)(F)F)cn1)c1ccccc1-c1ncccn1. The van der Waals surface area contributed by atoms with Gasteiger partial charge in [-0.05, 0) is 43.5 Å². The van der Waals surface area contributed by atoms with E-state index in [1.54, 1.807) is 36.7 Å². The summed E-state index contributed by atoms with van der Waals surface area (Å²) in [5.41, 5.74) is 0.300. The lowest BCUT2D eigenvalue weighted by Crippen LogP contribution is -2.43. The molecule has 4 rings (SSSR count). The molecule has 0 radical (unpaired) electrons. The van der Waals surface area contributed by atoms with Crippen LogP contribution in [-0.4, -0.2) is 32.9 Å². The van der Waals surface area contributed by atoms with Crippen LogP contribution >= 0.6 is 0 Å². The van der Waals surface area contributed by atoms with Crippen LogP contribution in [0, 0.1) is 0 Å². The molecular formula is C22H20F3N5O. The van der Waals surface area contributed by atoms with E-state index in [1.807, 2.05) is 6.07 Å². The number of carbonyl (C=O) groups excluding carboxylic acids is 1. The van der Waals surface area contributed by atoms with Crippen molar-refractivity contribution in [1.29, 1.82) is 0 Å². The number of pyridine rings is 1. The van der Waals surface area contributed by atoms with E-state index in [9.17, 15) is 18.0 Å². The lowest BCUT2D eigenvalue weighted by Gasteiger charge is -2.23. The number of amides is 1. The highest BCUT2D eigenvalue weighted by atomic mass is 19.4. The molecule has 0 bridgehead atoms. The maximum atomic E-state index is 13.0. The van der Waals surface area contributed by atoms with Gasteiger partial charge in [0.1, 0.15) is 5.82 Å². The van der Waals surface area contributed by atoms with E-state index in [4.69, 9.17) is 0 Å². The van der Waals surface area contributed by atoms with Gasteiger partial charge in [0.2, 0.25) is 0 Å². The monoisotopic (exact) mass is 427 g/mol. The molecule has 160 valence electrons. The third-order valence-corrected chi connectivity index (χ3v) is 5.23. The van der Waals surface area contributed by atoms with Crippen LogP contribution in [0.2, 0.25) is 0 Å². The first-order valence-corrected chi connectivity index (χ1v) is 9.89. The van der Waals surface area contributed by atoms with Gasteiger partial charge in [-0.3, -0.25) is 4.79 Å². The lowest BCUT2D eigenvalue weighted by molar-refractivity contribution is -0.137. The van der Waals surface area contributed by atoms with Gasteiger partial charge in [0.05, 0.1) is 11.1 Å². The van der Waals surface area contributed by atoms with Crippen LogP contribution < -0.4 is 10.6 Å². The van der Waals surface area contributed by atoms with Gasteiger partial charge < -0.3 is 10.6 Å². The number of carbonyl (C=O) groups is 1. The minimum atomic E-state index is -4.43. The molecule has 1 fully saturated rings. The van der Waals surface area contributed by atoms with Crippen molar-refractivity contribution in [3.05, 3.63) is 72.2 Å². The van der Waals surface area contributed by atoms with E-state index in [0.29, 0.717) is 22.8 Å². The quantitative estimate of drug-likeness (QED) is 0.634. The Bertz CT molecular complexity index is 1040. The summed E-state index contributed by atoms with van der Waals surface area (Å²) in [6.07, 6.45) is 2.03. The summed E-state index contributed by atoms with van der Waals surface area (Å²) in [5.74, 6) is 0.558. The number of aromatic nitrogens is 3. The van der Waals surface area contributed by atoms with Crippen molar-refractivity contribution < 1.29 is 18.0 Å². The molecule has 31 heavy (non-hydrogen) atoms. The molecule has 0 unspecified atom stereocenters. The maximum Gasteiger partial charge on any atom is 0.417 e. The van der Waals surface area contributed by atoms with E-state index in [1.165, 1.54) is 6.07 Å². The Balaban J connectivity index is 1.47. The molecule has 1 amide bonds. The van der Waals surface area contributed by atoms with Gasteiger partial charge in [0, 0.05) is 36.2 Å². The van der Waals surface area contributed by atoms with Crippen LogP contribution in [-0.2, 0) is 6.18 Å². The normalized spacial score (nSPS) is 18.5. The van der Waals surface area contributed by atoms with Gasteiger partial charge in [0.25, 0.3) is 5.91 Å². The molecule has 1 saturated carbocycles. The first kappa shape index (κ1) is 20.8. The molecule has 3 aromatic rings. The van der Waals surface area contributed by atoms with Crippen molar-refractivity contribution in [3.63, 3.8) is 0 Å². The number of halogens is 3. The molecule has 0 spiro atoms. The molecule has 2 heterocycles. The van der Waals surface area contributed by atoms with Crippen molar-refractivity contribution in [2.24, 2.45) is 0 Å². The number of alkyl halides is 3. The molecule has 0 aliphatic heterocycles. The Morgan fingerprint density at radius 3 is 2.39 bits per heavy atom. The predicted octanol–water partition coefficient (Wildman–Crippen LogP) is 4.32. The minimum Gasteiger partial charge on any atom is -0.365 e. The highest BCUT2D eigenvalue weighted by Crippen LogP contribution is 2.30. The second-order valence-corrected chi connectivity index (χ2v) is 7.31. The summed E-state index contributed by atoms with van der Waals surface area (Å²) in [5, 5.41) is 6.20. The molecule has 6 nitrogen and oxygen atoms in total. The largest absolute Gasteiger partial charge is 0.417 e. The van der Waals surface area contributed by atoms with E-state index in [0.717, 1.165) is 31.5 Å². The van der Waals surface area contributed by atoms with Crippen molar-refractivity contribution >= 4 is 11.7 Å². The topological polar surface area (TPSA) is 79.8 Å². The zero-order chi connectivity index (χ0) is 21.8. The van der Waals surface area contributed by atoms with Crippen LogP contribution in [0.5, 0.6) is 0 Å². The number of hydrogen-bond acceptors (Lipinski definition) is 5. The van der Waals surface area contributed by atoms with Crippen LogP contribution in [0.4, 0.5) is 19.0 Å². The van der Waals surface area contributed by atoms with Gasteiger partial charge in [-0.1, -0.05) is 18.2 Å². The van der Waals surface area contributed by atoms with Crippen LogP contribution in [0.1, 0.15) is 35.2 Å². The van der Waals surface area contributed by atoms with Crippen molar-refractivity contribution in [2.45, 2.75) is 37.5 Å². The Hall–Kier alpha value is -3.49. The van der Waals surface area contributed by atoms with Crippen LogP contribution in [0.25, 0.3) is 11.4 Å². The zero-order valence-corrected chi connectivity index (χ0v) is 16.4. The average molecular weight is 427 g/mol. The first-order valence-electron chi connectivity index (χ1n) is 9.89. The summed E-state index contributed by atoms with van der Waals surface area (Å²) in [4.78, 5) is 25.3. The smallest absolute Gasteiger partial charge is 0.365 e. The average Bonchev–Trinajstić information content (AvgIpc) is 3.20. The van der Waals surface area contributed by atoms with Crippen molar-refractivity contribution in [3.8, 4) is 11.4 Å². The van der Waals surface area contributed by atoms with Gasteiger partial charge in [-0.2, -0.15) is 13.2 Å². The van der Waals surface area contributed by atoms with Crippen molar-refractivity contribution in [2.75, 3.05) is 5.32 Å². The van der Waals surface area contributed by atoms with E-state index in [-0.39, 0.29) is 18.0 Å². The third-order valence-electron chi connectivity index (χ3n) is 5.23. The number of benzene rings is 1. The number of nitrogens with zero attached hydrogens (tertiary/aromatic N) is 3.